The number of rotatable bonds is 3. The number of halogens is 1. The highest BCUT2D eigenvalue weighted by atomic mass is 32.1. The predicted molar refractivity (Wildman–Crippen MR) is 83.6 cm³/mol. The summed E-state index contributed by atoms with van der Waals surface area (Å²) in [7, 11) is -0.914. The standard InChI is InChI=1S/C15H22BFO2S/c1-10(2)12-7-11(9-20-12)8-13(17)16-18-14(3,4)15(5,6)19-16/h7-10H,1-6H3. The first-order valence-electron chi connectivity index (χ1n) is 6.93. The topological polar surface area (TPSA) is 18.5 Å². The molecule has 1 aromatic rings. The van der Waals surface area contributed by atoms with E-state index in [1.807, 2.05) is 39.1 Å². The molecule has 0 aliphatic carbocycles. The molecule has 2 heterocycles. The molecule has 0 saturated carbocycles. The average molecular weight is 296 g/mol. The lowest BCUT2D eigenvalue weighted by Gasteiger charge is -2.32. The zero-order chi connectivity index (χ0) is 15.1. The Bertz CT molecular complexity index is 504. The minimum atomic E-state index is -0.914. The highest BCUT2D eigenvalue weighted by molar-refractivity contribution is 7.10. The highest BCUT2D eigenvalue weighted by Gasteiger charge is 2.53. The first-order valence-corrected chi connectivity index (χ1v) is 7.81. The first kappa shape index (κ1) is 15.7. The van der Waals surface area contributed by atoms with Crippen LogP contribution in [0.15, 0.2) is 17.2 Å². The number of hydrogen-bond acceptors (Lipinski definition) is 3. The van der Waals surface area contributed by atoms with Crippen molar-refractivity contribution in [1.82, 2.24) is 0 Å². The lowest BCUT2D eigenvalue weighted by Crippen LogP contribution is -2.41. The Hall–Kier alpha value is -0.645. The summed E-state index contributed by atoms with van der Waals surface area (Å²) < 4.78 is 25.7. The third-order valence-electron chi connectivity index (χ3n) is 3.99. The summed E-state index contributed by atoms with van der Waals surface area (Å²) in [6.07, 6.45) is 1.50. The van der Waals surface area contributed by atoms with E-state index in [0.717, 1.165) is 5.56 Å². The quantitative estimate of drug-likeness (QED) is 0.745. The zero-order valence-electron chi connectivity index (χ0n) is 13.0. The Morgan fingerprint density at radius 3 is 2.25 bits per heavy atom. The van der Waals surface area contributed by atoms with Gasteiger partial charge in [-0.05, 0) is 56.7 Å². The summed E-state index contributed by atoms with van der Waals surface area (Å²) >= 11 is 1.65. The van der Waals surface area contributed by atoms with Crippen LogP contribution < -0.4 is 0 Å². The van der Waals surface area contributed by atoms with E-state index in [4.69, 9.17) is 9.31 Å². The predicted octanol–water partition coefficient (Wildman–Crippen LogP) is 4.81. The van der Waals surface area contributed by atoms with Gasteiger partial charge in [-0.15, -0.1) is 11.3 Å². The van der Waals surface area contributed by atoms with E-state index in [0.29, 0.717) is 5.92 Å². The van der Waals surface area contributed by atoms with E-state index < -0.39 is 18.3 Å². The summed E-state index contributed by atoms with van der Waals surface area (Å²) in [6, 6.07) is 2.01. The molecule has 0 bridgehead atoms. The second-order valence-electron chi connectivity index (χ2n) is 6.55. The van der Waals surface area contributed by atoms with Crippen LogP contribution in [0.3, 0.4) is 0 Å². The van der Waals surface area contributed by atoms with Crippen molar-refractivity contribution < 1.29 is 13.7 Å². The van der Waals surface area contributed by atoms with Crippen LogP contribution in [0.5, 0.6) is 0 Å². The molecule has 1 aliphatic rings. The van der Waals surface area contributed by atoms with Gasteiger partial charge in [0.25, 0.3) is 0 Å². The molecule has 0 spiro atoms. The molecule has 5 heteroatoms. The van der Waals surface area contributed by atoms with Crippen molar-refractivity contribution in [3.63, 3.8) is 0 Å². The molecular weight excluding hydrogens is 274 g/mol. The van der Waals surface area contributed by atoms with E-state index in [1.165, 1.54) is 11.0 Å². The Kier molecular flexibility index (Phi) is 4.16. The zero-order valence-corrected chi connectivity index (χ0v) is 13.8. The molecule has 0 amide bonds. The second-order valence-corrected chi connectivity index (χ2v) is 7.50. The maximum atomic E-state index is 14.3. The SMILES string of the molecule is CC(C)c1cc(C=C(F)B2OC(C)(C)C(C)(C)O2)cs1. The normalized spacial score (nSPS) is 21.8. The minimum Gasteiger partial charge on any atom is -0.398 e. The molecule has 1 aliphatic heterocycles. The van der Waals surface area contributed by atoms with Gasteiger partial charge in [0.1, 0.15) is 5.73 Å². The van der Waals surface area contributed by atoms with Gasteiger partial charge >= 0.3 is 7.12 Å². The molecule has 0 atom stereocenters. The van der Waals surface area contributed by atoms with Crippen molar-refractivity contribution in [2.45, 2.75) is 58.7 Å². The van der Waals surface area contributed by atoms with Crippen LogP contribution >= 0.6 is 11.3 Å². The van der Waals surface area contributed by atoms with Crippen LogP contribution in [0, 0.1) is 0 Å². The summed E-state index contributed by atoms with van der Waals surface area (Å²) in [5, 5.41) is 1.96. The molecule has 1 fully saturated rings. The molecule has 0 N–H and O–H groups in total. The number of hydrogen-bond donors (Lipinski definition) is 0. The molecule has 0 aromatic carbocycles. The lowest BCUT2D eigenvalue weighted by molar-refractivity contribution is 0.00578. The third kappa shape index (κ3) is 3.00. The molecule has 2 nitrogen and oxygen atoms in total. The van der Waals surface area contributed by atoms with Gasteiger partial charge in [-0.3, -0.25) is 0 Å². The van der Waals surface area contributed by atoms with E-state index in [2.05, 4.69) is 13.8 Å². The molecule has 110 valence electrons. The van der Waals surface area contributed by atoms with Crippen molar-refractivity contribution in [3.05, 3.63) is 27.6 Å². The molecule has 0 unspecified atom stereocenters. The molecular formula is C15H22BFO2S. The fraction of sp³-hybridized carbons (Fsp3) is 0.600. The third-order valence-corrected chi connectivity index (χ3v) is 5.24. The van der Waals surface area contributed by atoms with Crippen molar-refractivity contribution in [2.24, 2.45) is 0 Å². The lowest BCUT2D eigenvalue weighted by atomic mass is 9.87. The van der Waals surface area contributed by atoms with Gasteiger partial charge < -0.3 is 9.31 Å². The van der Waals surface area contributed by atoms with Gasteiger partial charge in [0, 0.05) is 4.88 Å². The van der Waals surface area contributed by atoms with E-state index in [9.17, 15) is 4.39 Å². The van der Waals surface area contributed by atoms with Crippen molar-refractivity contribution in [3.8, 4) is 0 Å². The Morgan fingerprint density at radius 1 is 1.25 bits per heavy atom. The first-order chi connectivity index (χ1) is 9.12. The van der Waals surface area contributed by atoms with Gasteiger partial charge in [0.05, 0.1) is 11.2 Å². The van der Waals surface area contributed by atoms with Gasteiger partial charge in [-0.1, -0.05) is 13.8 Å². The monoisotopic (exact) mass is 296 g/mol. The maximum Gasteiger partial charge on any atom is 0.525 e. The van der Waals surface area contributed by atoms with Crippen LogP contribution in [-0.4, -0.2) is 18.3 Å². The molecule has 2 rings (SSSR count). The summed E-state index contributed by atoms with van der Waals surface area (Å²) in [5.41, 5.74) is -0.538. The summed E-state index contributed by atoms with van der Waals surface area (Å²) in [5.74, 6) is 0.460. The fourth-order valence-electron chi connectivity index (χ4n) is 1.93. The van der Waals surface area contributed by atoms with E-state index in [1.54, 1.807) is 11.3 Å². The molecule has 0 radical (unpaired) electrons. The van der Waals surface area contributed by atoms with E-state index in [-0.39, 0.29) is 5.73 Å². The van der Waals surface area contributed by atoms with Gasteiger partial charge in [-0.2, -0.15) is 0 Å². The van der Waals surface area contributed by atoms with Crippen LogP contribution in [0.25, 0.3) is 6.08 Å². The summed E-state index contributed by atoms with van der Waals surface area (Å²) in [4.78, 5) is 1.25. The minimum absolute atomic E-state index is 0.378. The molecule has 1 saturated heterocycles. The largest absolute Gasteiger partial charge is 0.525 e. The van der Waals surface area contributed by atoms with Crippen LogP contribution in [0.2, 0.25) is 0 Å². The summed E-state index contributed by atoms with van der Waals surface area (Å²) in [6.45, 7) is 11.9. The van der Waals surface area contributed by atoms with Gasteiger partial charge in [-0.25, -0.2) is 4.39 Å². The van der Waals surface area contributed by atoms with Crippen LogP contribution in [-0.2, 0) is 9.31 Å². The Balaban J connectivity index is 2.15. The van der Waals surface area contributed by atoms with Gasteiger partial charge in [0.15, 0.2) is 0 Å². The fourth-order valence-corrected chi connectivity index (χ4v) is 2.81. The average Bonchev–Trinajstić information content (AvgIpc) is 2.83. The van der Waals surface area contributed by atoms with Crippen molar-refractivity contribution >= 4 is 24.5 Å². The van der Waals surface area contributed by atoms with E-state index >= 15 is 0 Å². The second kappa shape index (κ2) is 5.28. The highest BCUT2D eigenvalue weighted by Crippen LogP contribution is 2.39. The molecule has 20 heavy (non-hydrogen) atoms. The van der Waals surface area contributed by atoms with Crippen LogP contribution in [0.1, 0.15) is 57.9 Å². The number of thiophene rings is 1. The Labute approximate surface area is 125 Å². The van der Waals surface area contributed by atoms with Crippen LogP contribution in [0.4, 0.5) is 4.39 Å². The van der Waals surface area contributed by atoms with Gasteiger partial charge in [0.2, 0.25) is 0 Å². The van der Waals surface area contributed by atoms with Crippen molar-refractivity contribution in [1.29, 1.82) is 0 Å². The molecule has 1 aromatic heterocycles. The maximum absolute atomic E-state index is 14.3. The Morgan fingerprint density at radius 2 is 1.80 bits per heavy atom. The smallest absolute Gasteiger partial charge is 0.398 e. The van der Waals surface area contributed by atoms with Crippen molar-refractivity contribution in [2.75, 3.05) is 0 Å².